The van der Waals surface area contributed by atoms with Crippen LogP contribution in [0.4, 0.5) is 5.69 Å². The van der Waals surface area contributed by atoms with Crippen LogP contribution >= 0.6 is 0 Å². The molecule has 1 fully saturated rings. The van der Waals surface area contributed by atoms with Crippen molar-refractivity contribution in [1.82, 2.24) is 0 Å². The number of hydrogen-bond donors (Lipinski definition) is 1. The minimum atomic E-state index is 0.0236. The van der Waals surface area contributed by atoms with Gasteiger partial charge in [-0.15, -0.1) is 0 Å². The highest BCUT2D eigenvalue weighted by Gasteiger charge is 2.22. The van der Waals surface area contributed by atoms with Crippen LogP contribution in [0, 0.1) is 5.92 Å². The lowest BCUT2D eigenvalue weighted by atomic mass is 10.1. The number of nitrogens with two attached hydrogens (primary N) is 1. The van der Waals surface area contributed by atoms with Crippen LogP contribution in [0.1, 0.15) is 30.1 Å². The number of Topliss-reactive ketones (excluding diaryl/α,β-unsaturated/α-hetero) is 1. The number of carbonyl (C=O) groups is 1. The molecule has 0 radical (unpaired) electrons. The second-order valence-electron chi connectivity index (χ2n) is 4.06. The normalized spacial score (nSPS) is 15.0. The fourth-order valence-corrected chi connectivity index (χ4v) is 1.39. The monoisotopic (exact) mass is 205 g/mol. The van der Waals surface area contributed by atoms with E-state index in [0.29, 0.717) is 22.9 Å². The van der Waals surface area contributed by atoms with Crippen molar-refractivity contribution in [3.63, 3.8) is 0 Å². The van der Waals surface area contributed by atoms with E-state index in [2.05, 4.69) is 0 Å². The first-order chi connectivity index (χ1) is 7.16. The van der Waals surface area contributed by atoms with Crippen molar-refractivity contribution >= 4 is 11.5 Å². The van der Waals surface area contributed by atoms with Crippen molar-refractivity contribution in [1.29, 1.82) is 0 Å². The Morgan fingerprint density at radius 2 is 2.27 bits per heavy atom. The summed E-state index contributed by atoms with van der Waals surface area (Å²) < 4.78 is 5.56. The van der Waals surface area contributed by atoms with Crippen LogP contribution in [0.2, 0.25) is 0 Å². The Labute approximate surface area is 89.2 Å². The molecule has 3 heteroatoms. The average Bonchev–Trinajstić information content (AvgIpc) is 2.99. The molecule has 1 saturated carbocycles. The van der Waals surface area contributed by atoms with Gasteiger partial charge in [-0.2, -0.15) is 0 Å². The SMILES string of the molecule is CC(=O)c1ccc(OCC2CC2)c(N)c1. The number of carbonyl (C=O) groups excluding carboxylic acids is 1. The highest BCUT2D eigenvalue weighted by molar-refractivity contribution is 5.95. The fourth-order valence-electron chi connectivity index (χ4n) is 1.39. The smallest absolute Gasteiger partial charge is 0.159 e. The molecule has 0 aromatic heterocycles. The molecule has 1 aliphatic rings. The summed E-state index contributed by atoms with van der Waals surface area (Å²) in [6, 6.07) is 5.19. The fraction of sp³-hybridized carbons (Fsp3) is 0.417. The number of anilines is 1. The van der Waals surface area contributed by atoms with Crippen LogP contribution in [0.15, 0.2) is 18.2 Å². The van der Waals surface area contributed by atoms with Crippen LogP contribution in [0.25, 0.3) is 0 Å². The zero-order valence-electron chi connectivity index (χ0n) is 8.82. The van der Waals surface area contributed by atoms with Crippen molar-refractivity contribution in [2.75, 3.05) is 12.3 Å². The lowest BCUT2D eigenvalue weighted by Crippen LogP contribution is -2.03. The zero-order chi connectivity index (χ0) is 10.8. The van der Waals surface area contributed by atoms with E-state index in [4.69, 9.17) is 10.5 Å². The highest BCUT2D eigenvalue weighted by atomic mass is 16.5. The lowest BCUT2D eigenvalue weighted by molar-refractivity contribution is 0.101. The molecule has 15 heavy (non-hydrogen) atoms. The van der Waals surface area contributed by atoms with Gasteiger partial charge in [0.05, 0.1) is 12.3 Å². The van der Waals surface area contributed by atoms with Crippen molar-refractivity contribution < 1.29 is 9.53 Å². The molecular formula is C12H15NO2. The van der Waals surface area contributed by atoms with Crippen molar-refractivity contribution in [2.45, 2.75) is 19.8 Å². The number of nitrogen functional groups attached to an aromatic ring is 1. The van der Waals surface area contributed by atoms with Gasteiger partial charge in [0.25, 0.3) is 0 Å². The lowest BCUT2D eigenvalue weighted by Gasteiger charge is -2.08. The minimum Gasteiger partial charge on any atom is -0.491 e. The Balaban J connectivity index is 2.07. The number of hydrogen-bond acceptors (Lipinski definition) is 3. The van der Waals surface area contributed by atoms with E-state index in [0.717, 1.165) is 6.61 Å². The Kier molecular flexibility index (Phi) is 2.62. The zero-order valence-corrected chi connectivity index (χ0v) is 8.82. The standard InChI is InChI=1S/C12H15NO2/c1-8(14)10-4-5-12(11(13)6-10)15-7-9-2-3-9/h4-6,9H,2-3,7,13H2,1H3. The van der Waals surface area contributed by atoms with Crippen molar-refractivity contribution in [3.8, 4) is 5.75 Å². The maximum Gasteiger partial charge on any atom is 0.159 e. The number of ketones is 1. The van der Waals surface area contributed by atoms with E-state index in [9.17, 15) is 4.79 Å². The van der Waals surface area contributed by atoms with E-state index in [1.807, 2.05) is 0 Å². The van der Waals surface area contributed by atoms with E-state index in [1.54, 1.807) is 18.2 Å². The number of rotatable bonds is 4. The second-order valence-corrected chi connectivity index (χ2v) is 4.06. The van der Waals surface area contributed by atoms with Gasteiger partial charge in [0.15, 0.2) is 5.78 Å². The Morgan fingerprint density at radius 3 is 2.80 bits per heavy atom. The van der Waals surface area contributed by atoms with Crippen molar-refractivity contribution in [2.24, 2.45) is 5.92 Å². The summed E-state index contributed by atoms with van der Waals surface area (Å²) >= 11 is 0. The minimum absolute atomic E-state index is 0.0236. The van der Waals surface area contributed by atoms with Gasteiger partial charge in [0, 0.05) is 5.56 Å². The van der Waals surface area contributed by atoms with E-state index in [1.165, 1.54) is 19.8 Å². The molecule has 3 nitrogen and oxygen atoms in total. The third-order valence-electron chi connectivity index (χ3n) is 2.59. The average molecular weight is 205 g/mol. The summed E-state index contributed by atoms with van der Waals surface area (Å²) in [7, 11) is 0. The summed E-state index contributed by atoms with van der Waals surface area (Å²) in [6.07, 6.45) is 2.51. The maximum absolute atomic E-state index is 11.1. The van der Waals surface area contributed by atoms with Gasteiger partial charge < -0.3 is 10.5 Å². The first kappa shape index (κ1) is 10.0. The molecule has 0 aliphatic heterocycles. The molecule has 0 atom stereocenters. The maximum atomic E-state index is 11.1. The van der Waals surface area contributed by atoms with E-state index >= 15 is 0 Å². The van der Waals surface area contributed by atoms with Crippen LogP contribution in [0.3, 0.4) is 0 Å². The van der Waals surface area contributed by atoms with Crippen LogP contribution < -0.4 is 10.5 Å². The van der Waals surface area contributed by atoms with Gasteiger partial charge >= 0.3 is 0 Å². The molecule has 80 valence electrons. The Bertz CT molecular complexity index is 383. The quantitative estimate of drug-likeness (QED) is 0.606. The molecule has 0 heterocycles. The van der Waals surface area contributed by atoms with Crippen LogP contribution in [-0.2, 0) is 0 Å². The largest absolute Gasteiger partial charge is 0.491 e. The molecule has 1 aromatic carbocycles. The summed E-state index contributed by atoms with van der Waals surface area (Å²) in [4.78, 5) is 11.1. The van der Waals surface area contributed by atoms with Gasteiger partial charge in [-0.25, -0.2) is 0 Å². The predicted molar refractivity (Wildman–Crippen MR) is 59.1 cm³/mol. The van der Waals surface area contributed by atoms with Gasteiger partial charge in [0.1, 0.15) is 5.75 Å². The highest BCUT2D eigenvalue weighted by Crippen LogP contribution is 2.31. The molecule has 1 aliphatic carbocycles. The second kappa shape index (κ2) is 3.93. The molecule has 0 amide bonds. The molecule has 0 saturated heterocycles. The first-order valence-corrected chi connectivity index (χ1v) is 5.20. The topological polar surface area (TPSA) is 52.3 Å². The van der Waals surface area contributed by atoms with Crippen LogP contribution in [-0.4, -0.2) is 12.4 Å². The molecule has 0 bridgehead atoms. The molecule has 0 unspecified atom stereocenters. The third kappa shape index (κ3) is 2.49. The third-order valence-corrected chi connectivity index (χ3v) is 2.59. The van der Waals surface area contributed by atoms with Gasteiger partial charge in [-0.1, -0.05) is 0 Å². The van der Waals surface area contributed by atoms with Crippen LogP contribution in [0.5, 0.6) is 5.75 Å². The van der Waals surface area contributed by atoms with Gasteiger partial charge in [0.2, 0.25) is 0 Å². The molecular weight excluding hydrogens is 190 g/mol. The molecule has 2 N–H and O–H groups in total. The summed E-state index contributed by atoms with van der Waals surface area (Å²) in [5, 5.41) is 0. The predicted octanol–water partition coefficient (Wildman–Crippen LogP) is 2.26. The number of ether oxygens (including phenoxy) is 1. The van der Waals surface area contributed by atoms with Gasteiger partial charge in [-0.05, 0) is 43.9 Å². The molecule has 0 spiro atoms. The van der Waals surface area contributed by atoms with Crippen molar-refractivity contribution in [3.05, 3.63) is 23.8 Å². The van der Waals surface area contributed by atoms with E-state index < -0.39 is 0 Å². The summed E-state index contributed by atoms with van der Waals surface area (Å²) in [5.74, 6) is 1.42. The van der Waals surface area contributed by atoms with Gasteiger partial charge in [-0.3, -0.25) is 4.79 Å². The summed E-state index contributed by atoms with van der Waals surface area (Å²) in [6.45, 7) is 2.27. The Morgan fingerprint density at radius 1 is 1.53 bits per heavy atom. The summed E-state index contributed by atoms with van der Waals surface area (Å²) in [5.41, 5.74) is 6.96. The first-order valence-electron chi connectivity index (χ1n) is 5.20. The molecule has 2 rings (SSSR count). The Hall–Kier alpha value is -1.51. The number of benzene rings is 1. The van der Waals surface area contributed by atoms with E-state index in [-0.39, 0.29) is 5.78 Å². The molecule has 1 aromatic rings.